The SMILES string of the molecule is COCCn1cc(C(=O)N2CCC(c3cc(CNC(=O)C(F)(F)F)ccc3F)CC2)c2c(Cl)cccc21. The highest BCUT2D eigenvalue weighted by atomic mass is 35.5. The zero-order valence-electron chi connectivity index (χ0n) is 20.1. The van der Waals surface area contributed by atoms with Gasteiger partial charge in [0.05, 0.1) is 22.7 Å². The first-order valence-corrected chi connectivity index (χ1v) is 12.2. The Morgan fingerprint density at radius 3 is 2.57 bits per heavy atom. The van der Waals surface area contributed by atoms with E-state index in [1.165, 1.54) is 18.2 Å². The van der Waals surface area contributed by atoms with Gasteiger partial charge < -0.3 is 19.5 Å². The van der Waals surface area contributed by atoms with Crippen LogP contribution in [0.4, 0.5) is 17.6 Å². The van der Waals surface area contributed by atoms with Gasteiger partial charge in [-0.1, -0.05) is 29.8 Å². The highest BCUT2D eigenvalue weighted by Crippen LogP contribution is 2.34. The number of alkyl halides is 3. The normalized spacial score (nSPS) is 14.8. The Morgan fingerprint density at radius 2 is 1.89 bits per heavy atom. The van der Waals surface area contributed by atoms with Crippen LogP contribution in [0, 0.1) is 5.82 Å². The quantitative estimate of drug-likeness (QED) is 0.416. The molecule has 0 bridgehead atoms. The summed E-state index contributed by atoms with van der Waals surface area (Å²) in [5.41, 5.74) is 2.05. The number of amides is 2. The van der Waals surface area contributed by atoms with Crippen LogP contribution in [-0.4, -0.2) is 54.3 Å². The monoisotopic (exact) mass is 539 g/mol. The number of hydrogen-bond acceptors (Lipinski definition) is 3. The van der Waals surface area contributed by atoms with Crippen LogP contribution in [0.15, 0.2) is 42.6 Å². The molecule has 1 aromatic heterocycles. The first kappa shape index (κ1) is 26.9. The van der Waals surface area contributed by atoms with Crippen LogP contribution in [0.1, 0.15) is 40.2 Å². The van der Waals surface area contributed by atoms with E-state index in [4.69, 9.17) is 16.3 Å². The minimum absolute atomic E-state index is 0.170. The van der Waals surface area contributed by atoms with E-state index < -0.39 is 17.9 Å². The third-order valence-electron chi connectivity index (χ3n) is 6.61. The van der Waals surface area contributed by atoms with Crippen LogP contribution in [0.5, 0.6) is 0 Å². The molecule has 2 aromatic carbocycles. The number of fused-ring (bicyclic) bond motifs is 1. The van der Waals surface area contributed by atoms with Gasteiger partial charge in [-0.2, -0.15) is 13.2 Å². The van der Waals surface area contributed by atoms with Crippen LogP contribution in [0.25, 0.3) is 10.9 Å². The molecular formula is C26H26ClF4N3O3. The molecule has 1 N–H and O–H groups in total. The lowest BCUT2D eigenvalue weighted by Crippen LogP contribution is -2.38. The minimum atomic E-state index is -4.98. The second kappa shape index (κ2) is 11.1. The number of halogens is 5. The van der Waals surface area contributed by atoms with E-state index in [0.29, 0.717) is 66.2 Å². The molecule has 0 atom stereocenters. The van der Waals surface area contributed by atoms with E-state index in [-0.39, 0.29) is 18.4 Å². The predicted octanol–water partition coefficient (Wildman–Crippen LogP) is 5.28. The van der Waals surface area contributed by atoms with Crippen LogP contribution in [0.2, 0.25) is 5.02 Å². The van der Waals surface area contributed by atoms with Gasteiger partial charge in [-0.25, -0.2) is 4.39 Å². The maximum atomic E-state index is 14.6. The standard InChI is InChI=1S/C26H26ClF4N3O3/c1-37-12-11-34-15-19(23-20(27)3-2-4-22(23)34)24(35)33-9-7-17(8-10-33)18-13-16(5-6-21(18)28)14-32-25(36)26(29,30)31/h2-6,13,15,17H,7-12,14H2,1H3,(H,32,36). The van der Waals surface area contributed by atoms with Gasteiger partial charge in [0.1, 0.15) is 5.82 Å². The molecule has 11 heteroatoms. The van der Waals surface area contributed by atoms with Crippen molar-refractivity contribution in [3.63, 3.8) is 0 Å². The van der Waals surface area contributed by atoms with Gasteiger partial charge in [0.2, 0.25) is 0 Å². The van der Waals surface area contributed by atoms with Gasteiger partial charge >= 0.3 is 12.1 Å². The largest absolute Gasteiger partial charge is 0.471 e. The van der Waals surface area contributed by atoms with Crippen LogP contribution < -0.4 is 5.32 Å². The van der Waals surface area contributed by atoms with Crippen molar-refractivity contribution < 1.29 is 31.9 Å². The summed E-state index contributed by atoms with van der Waals surface area (Å²) in [6.07, 6.45) is -2.24. The fraction of sp³-hybridized carbons (Fsp3) is 0.385. The molecule has 2 amide bonds. The Bertz CT molecular complexity index is 1300. The number of ether oxygens (including phenoxy) is 1. The summed E-state index contributed by atoms with van der Waals surface area (Å²) in [6.45, 7) is 1.43. The molecule has 0 aliphatic carbocycles. The highest BCUT2D eigenvalue weighted by Gasteiger charge is 2.38. The second-order valence-corrected chi connectivity index (χ2v) is 9.37. The number of methoxy groups -OCH3 is 1. The number of benzene rings is 2. The molecule has 1 aliphatic heterocycles. The fourth-order valence-corrected chi connectivity index (χ4v) is 4.98. The van der Waals surface area contributed by atoms with Gasteiger partial charge in [-0.15, -0.1) is 0 Å². The molecule has 1 aliphatic rings. The van der Waals surface area contributed by atoms with Crippen molar-refractivity contribution in [2.45, 2.75) is 38.0 Å². The molecule has 0 saturated carbocycles. The van der Waals surface area contributed by atoms with E-state index in [0.717, 1.165) is 5.52 Å². The summed E-state index contributed by atoms with van der Waals surface area (Å²) in [6, 6.07) is 9.48. The molecule has 0 radical (unpaired) electrons. The van der Waals surface area contributed by atoms with Crippen molar-refractivity contribution in [3.8, 4) is 0 Å². The van der Waals surface area contributed by atoms with Crippen molar-refractivity contribution in [1.82, 2.24) is 14.8 Å². The van der Waals surface area contributed by atoms with Crippen LogP contribution in [0.3, 0.4) is 0 Å². The van der Waals surface area contributed by atoms with E-state index >= 15 is 0 Å². The molecule has 6 nitrogen and oxygen atoms in total. The van der Waals surface area contributed by atoms with Gasteiger partial charge in [0.15, 0.2) is 0 Å². The van der Waals surface area contributed by atoms with Crippen molar-refractivity contribution >= 4 is 34.3 Å². The van der Waals surface area contributed by atoms with E-state index in [2.05, 4.69) is 0 Å². The lowest BCUT2D eigenvalue weighted by Gasteiger charge is -2.32. The number of piperidine rings is 1. The molecular weight excluding hydrogens is 514 g/mol. The summed E-state index contributed by atoms with van der Waals surface area (Å²) < 4.78 is 59.1. The van der Waals surface area contributed by atoms with E-state index in [1.54, 1.807) is 29.6 Å². The fourth-order valence-electron chi connectivity index (χ4n) is 4.71. The molecule has 3 aromatic rings. The Balaban J connectivity index is 1.46. The molecule has 2 heterocycles. The van der Waals surface area contributed by atoms with Crippen LogP contribution >= 0.6 is 11.6 Å². The summed E-state index contributed by atoms with van der Waals surface area (Å²) >= 11 is 6.45. The van der Waals surface area contributed by atoms with Crippen molar-refractivity contribution in [2.75, 3.05) is 26.8 Å². The maximum absolute atomic E-state index is 14.6. The zero-order valence-corrected chi connectivity index (χ0v) is 20.8. The summed E-state index contributed by atoms with van der Waals surface area (Å²) in [5.74, 6) is -2.90. The lowest BCUT2D eigenvalue weighted by molar-refractivity contribution is -0.173. The Hall–Kier alpha value is -3.11. The number of carbonyl (C=O) groups is 2. The van der Waals surface area contributed by atoms with E-state index in [1.807, 2.05) is 16.7 Å². The average Bonchev–Trinajstić information content (AvgIpc) is 3.25. The van der Waals surface area contributed by atoms with Gasteiger partial charge in [0, 0.05) is 44.9 Å². The number of nitrogens with zero attached hydrogens (tertiary/aromatic N) is 2. The third-order valence-corrected chi connectivity index (χ3v) is 6.93. The second-order valence-electron chi connectivity index (χ2n) is 8.97. The average molecular weight is 540 g/mol. The molecule has 0 spiro atoms. The summed E-state index contributed by atoms with van der Waals surface area (Å²) in [7, 11) is 1.60. The zero-order chi connectivity index (χ0) is 26.7. The number of hydrogen-bond donors (Lipinski definition) is 1. The van der Waals surface area contributed by atoms with Gasteiger partial charge in [-0.3, -0.25) is 9.59 Å². The first-order valence-electron chi connectivity index (χ1n) is 11.8. The minimum Gasteiger partial charge on any atom is -0.383 e. The lowest BCUT2D eigenvalue weighted by atomic mass is 9.88. The Morgan fingerprint density at radius 1 is 1.16 bits per heavy atom. The number of nitrogens with one attached hydrogen (secondary N) is 1. The van der Waals surface area contributed by atoms with Gasteiger partial charge in [0.25, 0.3) is 5.91 Å². The van der Waals surface area contributed by atoms with Crippen molar-refractivity contribution in [2.24, 2.45) is 0 Å². The first-order chi connectivity index (χ1) is 17.6. The molecule has 1 fully saturated rings. The number of carbonyl (C=O) groups excluding carboxylic acids is 2. The molecule has 37 heavy (non-hydrogen) atoms. The van der Waals surface area contributed by atoms with Crippen LogP contribution in [-0.2, 0) is 22.6 Å². The third kappa shape index (κ3) is 5.91. The smallest absolute Gasteiger partial charge is 0.383 e. The topological polar surface area (TPSA) is 63.6 Å². The predicted molar refractivity (Wildman–Crippen MR) is 131 cm³/mol. The Kier molecular flexibility index (Phi) is 8.08. The molecule has 1 saturated heterocycles. The molecule has 4 rings (SSSR count). The maximum Gasteiger partial charge on any atom is 0.471 e. The van der Waals surface area contributed by atoms with E-state index in [9.17, 15) is 27.2 Å². The number of aromatic nitrogens is 1. The molecule has 198 valence electrons. The summed E-state index contributed by atoms with van der Waals surface area (Å²) in [5, 5.41) is 2.95. The number of likely N-dealkylation sites (tertiary alicyclic amines) is 1. The Labute approximate surface area is 216 Å². The summed E-state index contributed by atoms with van der Waals surface area (Å²) in [4.78, 5) is 26.3. The number of rotatable bonds is 7. The van der Waals surface area contributed by atoms with Crippen molar-refractivity contribution in [3.05, 3.63) is 70.1 Å². The molecule has 0 unspecified atom stereocenters. The van der Waals surface area contributed by atoms with Gasteiger partial charge in [-0.05, 0) is 48.1 Å². The highest BCUT2D eigenvalue weighted by molar-refractivity contribution is 6.36. The van der Waals surface area contributed by atoms with Crippen molar-refractivity contribution in [1.29, 1.82) is 0 Å².